The predicted octanol–water partition coefficient (Wildman–Crippen LogP) is 6.59. The van der Waals surface area contributed by atoms with E-state index in [1.54, 1.807) is 20.8 Å². The van der Waals surface area contributed by atoms with Crippen LogP contribution in [0.2, 0.25) is 0 Å². The lowest BCUT2D eigenvalue weighted by Crippen LogP contribution is -2.03. The Morgan fingerprint density at radius 1 is 1.12 bits per heavy atom. The summed E-state index contributed by atoms with van der Waals surface area (Å²) in [5.41, 5.74) is 1.16. The van der Waals surface area contributed by atoms with Gasteiger partial charge in [-0.25, -0.2) is 8.78 Å². The smallest absolute Gasteiger partial charge is 0.159 e. The predicted molar refractivity (Wildman–Crippen MR) is 100 cm³/mol. The van der Waals surface area contributed by atoms with Gasteiger partial charge in [-0.1, -0.05) is 40.2 Å². The van der Waals surface area contributed by atoms with Gasteiger partial charge in [0.1, 0.15) is 5.76 Å². The Balaban J connectivity index is 0.000000816. The molecule has 0 spiro atoms. The number of allylic oxidation sites excluding steroid dienone is 2. The van der Waals surface area contributed by atoms with E-state index < -0.39 is 11.6 Å². The summed E-state index contributed by atoms with van der Waals surface area (Å²) < 4.78 is 31.9. The summed E-state index contributed by atoms with van der Waals surface area (Å²) in [5, 5.41) is 0. The third kappa shape index (κ3) is 8.10. The van der Waals surface area contributed by atoms with Crippen molar-refractivity contribution in [1.29, 1.82) is 0 Å². The number of hydrogen-bond donors (Lipinski definition) is 0. The lowest BCUT2D eigenvalue weighted by atomic mass is 10.0. The molecule has 4 heteroatoms. The van der Waals surface area contributed by atoms with E-state index in [1.165, 1.54) is 19.8 Å². The zero-order valence-corrected chi connectivity index (χ0v) is 16.4. The van der Waals surface area contributed by atoms with Crippen LogP contribution in [-0.4, -0.2) is 5.78 Å². The van der Waals surface area contributed by atoms with Gasteiger partial charge in [-0.05, 0) is 51.3 Å². The number of ketones is 1. The van der Waals surface area contributed by atoms with Crippen LogP contribution < -0.4 is 0 Å². The van der Waals surface area contributed by atoms with Crippen LogP contribution in [0.4, 0.5) is 8.78 Å². The van der Waals surface area contributed by atoms with Crippen molar-refractivity contribution in [2.24, 2.45) is 5.92 Å². The van der Waals surface area contributed by atoms with E-state index >= 15 is 0 Å². The van der Waals surface area contributed by atoms with Crippen LogP contribution in [0.3, 0.4) is 0 Å². The first-order valence-corrected chi connectivity index (χ1v) is 8.64. The van der Waals surface area contributed by atoms with Crippen molar-refractivity contribution in [1.82, 2.24) is 0 Å². The van der Waals surface area contributed by atoms with E-state index in [9.17, 15) is 13.6 Å². The van der Waals surface area contributed by atoms with E-state index in [4.69, 9.17) is 4.74 Å². The minimum Gasteiger partial charge on any atom is -0.462 e. The zero-order chi connectivity index (χ0) is 19.7. The molecule has 0 aromatic heterocycles. The number of carbonyl (C=O) groups excluding carboxylic acids is 1. The van der Waals surface area contributed by atoms with Crippen LogP contribution in [0.25, 0.3) is 5.76 Å². The lowest BCUT2D eigenvalue weighted by Gasteiger charge is -2.15. The van der Waals surface area contributed by atoms with Crippen LogP contribution in [0.1, 0.15) is 65.5 Å². The van der Waals surface area contributed by atoms with Gasteiger partial charge in [0, 0.05) is 11.1 Å². The first-order chi connectivity index (χ1) is 11.6. The highest BCUT2D eigenvalue weighted by Crippen LogP contribution is 2.28. The number of hydrogen-bond acceptors (Lipinski definition) is 2. The molecule has 2 rings (SSSR count). The molecule has 0 bridgehead atoms. The minimum absolute atomic E-state index is 0.205. The van der Waals surface area contributed by atoms with Gasteiger partial charge in [-0.3, -0.25) is 4.79 Å². The fourth-order valence-electron chi connectivity index (χ4n) is 1.73. The first-order valence-electron chi connectivity index (χ1n) is 8.64. The number of carbonyl (C=O) groups is 1. The molecule has 1 aromatic rings. The summed E-state index contributed by atoms with van der Waals surface area (Å²) in [6, 6.07) is 2.09. The molecule has 1 aromatic carbocycles. The highest BCUT2D eigenvalue weighted by atomic mass is 19.2. The number of aryl methyl sites for hydroxylation is 1. The lowest BCUT2D eigenvalue weighted by molar-refractivity contribution is -0.113. The summed E-state index contributed by atoms with van der Waals surface area (Å²) in [6.45, 7) is 16.1. The molecule has 0 heterocycles. The number of ether oxygens (including phenoxy) is 1. The maximum Gasteiger partial charge on any atom is 0.159 e. The molecule has 0 N–H and O–H groups in total. The minimum atomic E-state index is -0.986. The highest BCUT2D eigenvalue weighted by molar-refractivity contribution is 5.99. The quantitative estimate of drug-likeness (QED) is 0.451. The van der Waals surface area contributed by atoms with E-state index in [2.05, 4.69) is 13.5 Å². The summed E-state index contributed by atoms with van der Waals surface area (Å²) in [5.74, 6) is -0.479. The molecule has 0 radical (unpaired) electrons. The van der Waals surface area contributed by atoms with E-state index in [0.717, 1.165) is 18.1 Å². The van der Waals surface area contributed by atoms with Crippen molar-refractivity contribution in [2.45, 2.75) is 61.3 Å². The number of Topliss-reactive ketones (excluding diaryl/α,β-unsaturated/α-hetero) is 1. The topological polar surface area (TPSA) is 26.3 Å². The number of benzene rings is 1. The Labute approximate surface area is 150 Å². The third-order valence-corrected chi connectivity index (χ3v) is 3.52. The van der Waals surface area contributed by atoms with Crippen LogP contribution in [0.5, 0.6) is 0 Å². The first kappa shape index (κ1) is 23.0. The maximum absolute atomic E-state index is 13.4. The molecule has 0 saturated heterocycles. The second-order valence-corrected chi connectivity index (χ2v) is 6.08. The number of halogens is 2. The van der Waals surface area contributed by atoms with Gasteiger partial charge in [0.05, 0.1) is 5.76 Å². The molecule has 1 aliphatic rings. The average Bonchev–Trinajstić information content (AvgIpc) is 3.32. The molecular formula is C21H30F2O2. The van der Waals surface area contributed by atoms with Crippen molar-refractivity contribution < 1.29 is 18.3 Å². The molecule has 0 unspecified atom stereocenters. The van der Waals surface area contributed by atoms with Crippen LogP contribution in [0, 0.1) is 24.5 Å². The normalized spacial score (nSPS) is 13.5. The summed E-state index contributed by atoms with van der Waals surface area (Å²) in [7, 11) is 0. The van der Waals surface area contributed by atoms with Crippen LogP contribution in [-0.2, 0) is 9.53 Å². The van der Waals surface area contributed by atoms with Gasteiger partial charge in [0.2, 0.25) is 0 Å². The zero-order valence-electron chi connectivity index (χ0n) is 16.4. The van der Waals surface area contributed by atoms with Crippen LogP contribution in [0.15, 0.2) is 30.0 Å². The van der Waals surface area contributed by atoms with Gasteiger partial charge >= 0.3 is 0 Å². The maximum atomic E-state index is 13.4. The van der Waals surface area contributed by atoms with Crippen LogP contribution >= 0.6 is 0 Å². The molecular weight excluding hydrogens is 322 g/mol. The summed E-state index contributed by atoms with van der Waals surface area (Å²) >= 11 is 0. The van der Waals surface area contributed by atoms with Crippen molar-refractivity contribution in [3.63, 3.8) is 0 Å². The average molecular weight is 352 g/mol. The SMILES string of the molecule is C=C(C)O/C(=C(\C)C(C)=O)c1cc(F)c(F)cc1C.CC.CC1CC1. The largest absolute Gasteiger partial charge is 0.462 e. The molecule has 0 atom stereocenters. The van der Waals surface area contributed by atoms with Gasteiger partial charge in [0.25, 0.3) is 0 Å². The van der Waals surface area contributed by atoms with E-state index in [0.29, 0.717) is 22.5 Å². The van der Waals surface area contributed by atoms with Gasteiger partial charge in [-0.2, -0.15) is 0 Å². The molecule has 140 valence electrons. The molecule has 0 amide bonds. The summed E-state index contributed by atoms with van der Waals surface area (Å²) in [6.07, 6.45) is 2.97. The third-order valence-electron chi connectivity index (χ3n) is 3.52. The fraction of sp³-hybridized carbons (Fsp3) is 0.476. The van der Waals surface area contributed by atoms with Crippen molar-refractivity contribution in [2.75, 3.05) is 0 Å². The Bertz CT molecular complexity index is 642. The van der Waals surface area contributed by atoms with Gasteiger partial charge in [0.15, 0.2) is 17.4 Å². The number of rotatable bonds is 4. The molecule has 2 nitrogen and oxygen atoms in total. The van der Waals surface area contributed by atoms with Gasteiger partial charge in [-0.15, -0.1) is 0 Å². The van der Waals surface area contributed by atoms with Crippen molar-refractivity contribution in [3.05, 3.63) is 52.8 Å². The highest BCUT2D eigenvalue weighted by Gasteiger charge is 2.17. The Kier molecular flexibility index (Phi) is 9.95. The molecule has 1 fully saturated rings. The molecule has 25 heavy (non-hydrogen) atoms. The second kappa shape index (κ2) is 10.8. The monoisotopic (exact) mass is 352 g/mol. The van der Waals surface area contributed by atoms with E-state index in [1.807, 2.05) is 13.8 Å². The second-order valence-electron chi connectivity index (χ2n) is 6.08. The molecule has 0 aliphatic heterocycles. The van der Waals surface area contributed by atoms with E-state index in [-0.39, 0.29) is 11.5 Å². The standard InChI is InChI=1S/C15H16F2O2.C4H8.C2H6/c1-8(2)19-15(10(4)11(5)18)12-7-14(17)13(16)6-9(12)3;1-4-2-3-4;1-2/h6-7H,1H2,2-5H3;4H,2-3H2,1H3;1-2H3/b15-10+;;. The summed E-state index contributed by atoms with van der Waals surface area (Å²) in [4.78, 5) is 11.5. The van der Waals surface area contributed by atoms with Crippen molar-refractivity contribution >= 4 is 11.5 Å². The Morgan fingerprint density at radius 2 is 1.56 bits per heavy atom. The Hall–Kier alpha value is -1.97. The fourth-order valence-corrected chi connectivity index (χ4v) is 1.73. The van der Waals surface area contributed by atoms with Gasteiger partial charge < -0.3 is 4.74 Å². The van der Waals surface area contributed by atoms with Crippen molar-refractivity contribution in [3.8, 4) is 0 Å². The molecule has 1 aliphatic carbocycles. The molecule has 1 saturated carbocycles. The Morgan fingerprint density at radius 3 is 1.92 bits per heavy atom.